The van der Waals surface area contributed by atoms with E-state index >= 15 is 0 Å². The molecule has 3 aromatic rings. The number of benzene rings is 2. The highest BCUT2D eigenvalue weighted by Crippen LogP contribution is 2.33. The summed E-state index contributed by atoms with van der Waals surface area (Å²) in [5.74, 6) is -0.0499. The van der Waals surface area contributed by atoms with Crippen molar-refractivity contribution in [3.63, 3.8) is 0 Å². The van der Waals surface area contributed by atoms with Gasteiger partial charge in [0.25, 0.3) is 5.91 Å². The maximum absolute atomic E-state index is 13.3. The topological polar surface area (TPSA) is 76.5 Å². The average molecular weight is 489 g/mol. The van der Waals surface area contributed by atoms with E-state index in [2.05, 4.69) is 10.4 Å². The standard InChI is InChI=1S/C29H36N4O3/c1-20-6-10-22(11-7-20)18-30-27(34)25-19-31-33(24-12-8-21(2)9-13-24)26(25)23-14-16-32(17-15-23)28(35)36-29(3,4)5/h6-13,19,23H,14-18H2,1-5H3,(H,30,34). The third-order valence-electron chi connectivity index (χ3n) is 6.44. The molecule has 0 bridgehead atoms. The molecule has 190 valence electrons. The van der Waals surface area contributed by atoms with E-state index in [1.165, 1.54) is 5.56 Å². The second kappa shape index (κ2) is 10.6. The second-order valence-electron chi connectivity index (χ2n) is 10.6. The van der Waals surface area contributed by atoms with Crippen molar-refractivity contribution in [3.8, 4) is 5.69 Å². The lowest BCUT2D eigenvalue weighted by molar-refractivity contribution is 0.0203. The van der Waals surface area contributed by atoms with E-state index in [1.54, 1.807) is 11.1 Å². The number of piperidine rings is 1. The summed E-state index contributed by atoms with van der Waals surface area (Å²) in [4.78, 5) is 27.6. The smallest absolute Gasteiger partial charge is 0.410 e. The third kappa shape index (κ3) is 6.14. The maximum Gasteiger partial charge on any atom is 0.410 e. The van der Waals surface area contributed by atoms with Crippen LogP contribution in [0.4, 0.5) is 4.79 Å². The molecule has 1 saturated heterocycles. The molecule has 4 rings (SSSR count). The fraction of sp³-hybridized carbons (Fsp3) is 0.414. The van der Waals surface area contributed by atoms with E-state index in [-0.39, 0.29) is 17.9 Å². The Kier molecular flexibility index (Phi) is 7.48. The Morgan fingerprint density at radius 3 is 2.14 bits per heavy atom. The van der Waals surface area contributed by atoms with Crippen LogP contribution in [0, 0.1) is 13.8 Å². The lowest BCUT2D eigenvalue weighted by atomic mass is 9.90. The van der Waals surface area contributed by atoms with Gasteiger partial charge in [0.1, 0.15) is 5.60 Å². The van der Waals surface area contributed by atoms with Gasteiger partial charge in [0.2, 0.25) is 0 Å². The van der Waals surface area contributed by atoms with Crippen LogP contribution in [0.3, 0.4) is 0 Å². The van der Waals surface area contributed by atoms with E-state index in [0.29, 0.717) is 25.2 Å². The number of nitrogens with zero attached hydrogens (tertiary/aromatic N) is 3. The summed E-state index contributed by atoms with van der Waals surface area (Å²) in [5.41, 5.74) is 5.26. The molecule has 0 aliphatic carbocycles. The van der Waals surface area contributed by atoms with Gasteiger partial charge in [0, 0.05) is 25.6 Å². The van der Waals surface area contributed by atoms with Crippen LogP contribution in [-0.2, 0) is 11.3 Å². The molecule has 2 heterocycles. The van der Waals surface area contributed by atoms with Crippen molar-refractivity contribution < 1.29 is 14.3 Å². The van der Waals surface area contributed by atoms with Gasteiger partial charge in [-0.3, -0.25) is 4.79 Å². The Balaban J connectivity index is 1.56. The van der Waals surface area contributed by atoms with E-state index in [4.69, 9.17) is 4.74 Å². The van der Waals surface area contributed by atoms with Gasteiger partial charge in [-0.25, -0.2) is 9.48 Å². The summed E-state index contributed by atoms with van der Waals surface area (Å²) >= 11 is 0. The molecule has 1 fully saturated rings. The van der Waals surface area contributed by atoms with E-state index < -0.39 is 5.60 Å². The molecule has 0 spiro atoms. The average Bonchev–Trinajstić information content (AvgIpc) is 3.28. The number of aryl methyl sites for hydroxylation is 2. The van der Waals surface area contributed by atoms with E-state index in [0.717, 1.165) is 35.3 Å². The summed E-state index contributed by atoms with van der Waals surface area (Å²) in [6.45, 7) is 11.3. The minimum Gasteiger partial charge on any atom is -0.444 e. The molecule has 2 aromatic carbocycles. The van der Waals surface area contributed by atoms with Gasteiger partial charge in [-0.1, -0.05) is 47.5 Å². The summed E-state index contributed by atoms with van der Waals surface area (Å²) in [5, 5.41) is 7.70. The molecule has 1 aliphatic heterocycles. The summed E-state index contributed by atoms with van der Waals surface area (Å²) in [7, 11) is 0. The number of ether oxygens (including phenoxy) is 1. The summed E-state index contributed by atoms with van der Waals surface area (Å²) in [6.07, 6.45) is 2.84. The Hall–Kier alpha value is -3.61. The van der Waals surface area contributed by atoms with Gasteiger partial charge >= 0.3 is 6.09 Å². The minimum atomic E-state index is -0.527. The molecule has 1 aromatic heterocycles. The van der Waals surface area contributed by atoms with Crippen molar-refractivity contribution in [2.45, 2.75) is 65.5 Å². The predicted octanol–water partition coefficient (Wildman–Crippen LogP) is 5.53. The van der Waals surface area contributed by atoms with Crippen LogP contribution in [0.2, 0.25) is 0 Å². The van der Waals surface area contributed by atoms with Crippen LogP contribution in [0.25, 0.3) is 5.69 Å². The molecule has 7 heteroatoms. The second-order valence-corrected chi connectivity index (χ2v) is 10.6. The third-order valence-corrected chi connectivity index (χ3v) is 6.44. The Morgan fingerprint density at radius 2 is 1.56 bits per heavy atom. The molecule has 0 atom stereocenters. The van der Waals surface area contributed by atoms with Crippen LogP contribution < -0.4 is 5.32 Å². The first-order valence-corrected chi connectivity index (χ1v) is 12.6. The van der Waals surface area contributed by atoms with Gasteiger partial charge < -0.3 is 15.0 Å². The summed E-state index contributed by atoms with van der Waals surface area (Å²) in [6, 6.07) is 16.3. The van der Waals surface area contributed by atoms with Gasteiger partial charge in [0.15, 0.2) is 0 Å². The van der Waals surface area contributed by atoms with Gasteiger partial charge in [0.05, 0.1) is 23.1 Å². The molecule has 2 amide bonds. The molecule has 0 radical (unpaired) electrons. The first-order valence-electron chi connectivity index (χ1n) is 12.6. The molecule has 7 nitrogen and oxygen atoms in total. The quantitative estimate of drug-likeness (QED) is 0.512. The fourth-order valence-corrected chi connectivity index (χ4v) is 4.46. The largest absolute Gasteiger partial charge is 0.444 e. The molecule has 1 N–H and O–H groups in total. The number of rotatable bonds is 5. The maximum atomic E-state index is 13.3. The molecule has 1 aliphatic rings. The highest BCUT2D eigenvalue weighted by atomic mass is 16.6. The van der Waals surface area contributed by atoms with Crippen LogP contribution in [0.15, 0.2) is 54.7 Å². The number of hydrogen-bond donors (Lipinski definition) is 1. The van der Waals surface area contributed by atoms with Crippen LogP contribution in [-0.4, -0.2) is 45.4 Å². The van der Waals surface area contributed by atoms with E-state index in [1.807, 2.05) is 87.8 Å². The van der Waals surface area contributed by atoms with E-state index in [9.17, 15) is 9.59 Å². The van der Waals surface area contributed by atoms with Gasteiger partial charge in [-0.2, -0.15) is 5.10 Å². The number of amides is 2. The number of hydrogen-bond acceptors (Lipinski definition) is 4. The van der Waals surface area contributed by atoms with Crippen molar-refractivity contribution in [1.29, 1.82) is 0 Å². The molecule has 36 heavy (non-hydrogen) atoms. The summed E-state index contributed by atoms with van der Waals surface area (Å²) < 4.78 is 7.44. The lowest BCUT2D eigenvalue weighted by Crippen LogP contribution is -2.41. The highest BCUT2D eigenvalue weighted by Gasteiger charge is 2.32. The van der Waals surface area contributed by atoms with Crippen molar-refractivity contribution in [2.75, 3.05) is 13.1 Å². The minimum absolute atomic E-state index is 0.0904. The zero-order valence-corrected chi connectivity index (χ0v) is 21.9. The number of carbonyl (C=O) groups is 2. The Morgan fingerprint density at radius 1 is 0.972 bits per heavy atom. The first kappa shape index (κ1) is 25.5. The van der Waals surface area contributed by atoms with Crippen molar-refractivity contribution in [1.82, 2.24) is 20.0 Å². The molecular weight excluding hydrogens is 452 g/mol. The zero-order chi connectivity index (χ0) is 25.9. The number of aromatic nitrogens is 2. The van der Waals surface area contributed by atoms with Crippen molar-refractivity contribution in [3.05, 3.63) is 82.7 Å². The van der Waals surface area contributed by atoms with Crippen LogP contribution in [0.5, 0.6) is 0 Å². The molecule has 0 unspecified atom stereocenters. The lowest BCUT2D eigenvalue weighted by Gasteiger charge is -2.34. The highest BCUT2D eigenvalue weighted by molar-refractivity contribution is 5.95. The first-order chi connectivity index (χ1) is 17.1. The Labute approximate surface area is 213 Å². The molecule has 0 saturated carbocycles. The molecular formula is C29H36N4O3. The fourth-order valence-electron chi connectivity index (χ4n) is 4.46. The van der Waals surface area contributed by atoms with Crippen molar-refractivity contribution >= 4 is 12.0 Å². The zero-order valence-electron chi connectivity index (χ0n) is 21.9. The van der Waals surface area contributed by atoms with Gasteiger partial charge in [-0.05, 0) is 65.2 Å². The predicted molar refractivity (Wildman–Crippen MR) is 140 cm³/mol. The number of carbonyl (C=O) groups excluding carboxylic acids is 2. The van der Waals surface area contributed by atoms with Gasteiger partial charge in [-0.15, -0.1) is 0 Å². The van der Waals surface area contributed by atoms with Crippen molar-refractivity contribution in [2.24, 2.45) is 0 Å². The normalized spacial score (nSPS) is 14.5. The monoisotopic (exact) mass is 488 g/mol. The van der Waals surface area contributed by atoms with Crippen LogP contribution >= 0.6 is 0 Å². The number of nitrogens with one attached hydrogen (secondary N) is 1. The van der Waals surface area contributed by atoms with Crippen LogP contribution in [0.1, 0.15) is 72.3 Å². The number of likely N-dealkylation sites (tertiary alicyclic amines) is 1. The SMILES string of the molecule is Cc1ccc(CNC(=O)c2cnn(-c3ccc(C)cc3)c2C2CCN(C(=O)OC(C)(C)C)CC2)cc1. The Bertz CT molecular complexity index is 1200.